The highest BCUT2D eigenvalue weighted by Gasteiger charge is 2.18. The van der Waals surface area contributed by atoms with Gasteiger partial charge in [-0.3, -0.25) is 5.84 Å². The Morgan fingerprint density at radius 1 is 1.64 bits per heavy atom. The van der Waals surface area contributed by atoms with Gasteiger partial charge in [-0.05, 0) is 0 Å². The minimum absolute atomic E-state index is 0.715. The Bertz CT molecular complexity index is 269. The molecule has 0 bridgehead atoms. The number of fused-ring (bicyclic) bond motifs is 1. The van der Waals surface area contributed by atoms with Gasteiger partial charge in [0.1, 0.15) is 5.76 Å². The number of hydrazine groups is 1. The highest BCUT2D eigenvalue weighted by atomic mass is 16.4. The van der Waals surface area contributed by atoms with Crippen LogP contribution in [0.15, 0.2) is 4.42 Å². The van der Waals surface area contributed by atoms with E-state index >= 15 is 0 Å². The fraction of sp³-hybridized carbons (Fsp3) is 0.571. The molecule has 60 valence electrons. The van der Waals surface area contributed by atoms with Crippen molar-refractivity contribution in [3.05, 3.63) is 17.3 Å². The van der Waals surface area contributed by atoms with Crippen molar-refractivity contribution in [1.82, 2.24) is 9.99 Å². The van der Waals surface area contributed by atoms with E-state index in [2.05, 4.69) is 4.98 Å². The Labute approximate surface area is 65.0 Å². The van der Waals surface area contributed by atoms with E-state index in [0.29, 0.717) is 6.54 Å². The molecule has 0 fully saturated rings. The molecular weight excluding hydrogens is 142 g/mol. The van der Waals surface area contributed by atoms with Crippen LogP contribution in [0.4, 0.5) is 0 Å². The summed E-state index contributed by atoms with van der Waals surface area (Å²) >= 11 is 0. The largest absolute Gasteiger partial charge is 0.446 e. The van der Waals surface area contributed by atoms with Crippen molar-refractivity contribution in [2.45, 2.75) is 19.9 Å². The topological polar surface area (TPSA) is 55.3 Å². The van der Waals surface area contributed by atoms with Crippen LogP contribution in [0.3, 0.4) is 0 Å². The molecule has 0 aromatic carbocycles. The van der Waals surface area contributed by atoms with Crippen LogP contribution < -0.4 is 5.84 Å². The molecule has 1 aliphatic rings. The van der Waals surface area contributed by atoms with Gasteiger partial charge in [-0.1, -0.05) is 0 Å². The molecule has 1 aliphatic heterocycles. The van der Waals surface area contributed by atoms with Crippen LogP contribution >= 0.6 is 0 Å². The molecule has 4 nitrogen and oxygen atoms in total. The van der Waals surface area contributed by atoms with Crippen molar-refractivity contribution < 1.29 is 4.42 Å². The van der Waals surface area contributed by atoms with E-state index in [1.165, 1.54) is 0 Å². The van der Waals surface area contributed by atoms with Gasteiger partial charge in [0.15, 0.2) is 5.89 Å². The predicted octanol–water partition coefficient (Wildman–Crippen LogP) is 0.215. The molecular formula is C7H11N3O. The van der Waals surface area contributed by atoms with Crippen LogP contribution in [0.5, 0.6) is 0 Å². The van der Waals surface area contributed by atoms with E-state index in [4.69, 9.17) is 10.3 Å². The summed E-state index contributed by atoms with van der Waals surface area (Å²) in [5.74, 6) is 7.36. The summed E-state index contributed by atoms with van der Waals surface area (Å²) in [4.78, 5) is 4.21. The van der Waals surface area contributed by atoms with Crippen molar-refractivity contribution in [1.29, 1.82) is 0 Å². The molecule has 2 heterocycles. The fourth-order valence-corrected chi connectivity index (χ4v) is 1.35. The van der Waals surface area contributed by atoms with Gasteiger partial charge >= 0.3 is 0 Å². The summed E-state index contributed by atoms with van der Waals surface area (Å²) < 4.78 is 5.36. The van der Waals surface area contributed by atoms with Crippen molar-refractivity contribution in [2.75, 3.05) is 6.54 Å². The summed E-state index contributed by atoms with van der Waals surface area (Å²) in [6, 6.07) is 0. The number of rotatable bonds is 0. The highest BCUT2D eigenvalue weighted by molar-refractivity contribution is 5.12. The summed E-state index contributed by atoms with van der Waals surface area (Å²) in [7, 11) is 0. The zero-order valence-corrected chi connectivity index (χ0v) is 6.50. The average molecular weight is 153 g/mol. The molecule has 0 aliphatic carbocycles. The van der Waals surface area contributed by atoms with E-state index in [0.717, 1.165) is 30.3 Å². The van der Waals surface area contributed by atoms with Crippen LogP contribution in [0.1, 0.15) is 17.3 Å². The van der Waals surface area contributed by atoms with Gasteiger partial charge < -0.3 is 4.42 Å². The zero-order valence-electron chi connectivity index (χ0n) is 6.50. The minimum Gasteiger partial charge on any atom is -0.446 e. The van der Waals surface area contributed by atoms with Crippen molar-refractivity contribution in [3.63, 3.8) is 0 Å². The molecule has 1 aromatic rings. The minimum atomic E-state index is 0.715. The SMILES string of the molecule is Cc1nc2c(o1)CCN(N)C2. The Kier molecular flexibility index (Phi) is 1.44. The second-order valence-corrected chi connectivity index (χ2v) is 2.82. The van der Waals surface area contributed by atoms with Gasteiger partial charge in [0, 0.05) is 19.9 Å². The van der Waals surface area contributed by atoms with Gasteiger partial charge in [-0.25, -0.2) is 9.99 Å². The van der Waals surface area contributed by atoms with Crippen molar-refractivity contribution in [3.8, 4) is 0 Å². The van der Waals surface area contributed by atoms with E-state index in [1.54, 1.807) is 5.01 Å². The van der Waals surface area contributed by atoms with Gasteiger partial charge in [0.2, 0.25) is 0 Å². The van der Waals surface area contributed by atoms with Gasteiger partial charge in [-0.15, -0.1) is 0 Å². The number of oxazole rings is 1. The fourth-order valence-electron chi connectivity index (χ4n) is 1.35. The maximum Gasteiger partial charge on any atom is 0.191 e. The van der Waals surface area contributed by atoms with Gasteiger partial charge in [-0.2, -0.15) is 0 Å². The van der Waals surface area contributed by atoms with Crippen LogP contribution in [-0.4, -0.2) is 16.5 Å². The second-order valence-electron chi connectivity index (χ2n) is 2.82. The number of aromatic nitrogens is 1. The summed E-state index contributed by atoms with van der Waals surface area (Å²) in [6.07, 6.45) is 0.882. The number of hydrogen-bond donors (Lipinski definition) is 1. The maximum atomic E-state index is 5.61. The van der Waals surface area contributed by atoms with E-state index in [9.17, 15) is 0 Å². The molecule has 0 spiro atoms. The Balaban J connectivity index is 2.34. The van der Waals surface area contributed by atoms with Crippen LogP contribution in [0.25, 0.3) is 0 Å². The lowest BCUT2D eigenvalue weighted by Crippen LogP contribution is -2.35. The molecule has 0 atom stereocenters. The van der Waals surface area contributed by atoms with Crippen LogP contribution in [0.2, 0.25) is 0 Å². The Morgan fingerprint density at radius 2 is 2.45 bits per heavy atom. The molecule has 4 heteroatoms. The first kappa shape index (κ1) is 6.82. The zero-order chi connectivity index (χ0) is 7.84. The molecule has 0 unspecified atom stereocenters. The number of nitrogens with zero attached hydrogens (tertiary/aromatic N) is 2. The van der Waals surface area contributed by atoms with E-state index in [1.807, 2.05) is 6.92 Å². The Hall–Kier alpha value is -0.870. The third-order valence-electron chi connectivity index (χ3n) is 1.86. The highest BCUT2D eigenvalue weighted by Crippen LogP contribution is 2.16. The number of nitrogens with two attached hydrogens (primary N) is 1. The third kappa shape index (κ3) is 1.15. The predicted molar refractivity (Wildman–Crippen MR) is 39.5 cm³/mol. The quantitative estimate of drug-likeness (QED) is 0.541. The van der Waals surface area contributed by atoms with E-state index < -0.39 is 0 Å². The molecule has 0 saturated carbocycles. The lowest BCUT2D eigenvalue weighted by atomic mass is 10.2. The number of aryl methyl sites for hydroxylation is 1. The molecule has 0 saturated heterocycles. The Morgan fingerprint density at radius 3 is 3.27 bits per heavy atom. The van der Waals surface area contributed by atoms with Crippen LogP contribution in [0, 0.1) is 6.92 Å². The second kappa shape index (κ2) is 2.32. The molecule has 11 heavy (non-hydrogen) atoms. The summed E-state index contributed by atoms with van der Waals surface area (Å²) in [6.45, 7) is 3.44. The van der Waals surface area contributed by atoms with Crippen molar-refractivity contribution in [2.24, 2.45) is 5.84 Å². The molecule has 2 N–H and O–H groups in total. The molecule has 1 aromatic heterocycles. The molecule has 2 rings (SSSR count). The van der Waals surface area contributed by atoms with Crippen molar-refractivity contribution >= 4 is 0 Å². The third-order valence-corrected chi connectivity index (χ3v) is 1.86. The monoisotopic (exact) mass is 153 g/mol. The summed E-state index contributed by atoms with van der Waals surface area (Å²) in [5.41, 5.74) is 0.997. The molecule has 0 radical (unpaired) electrons. The lowest BCUT2D eigenvalue weighted by Gasteiger charge is -2.18. The first-order valence-corrected chi connectivity index (χ1v) is 3.70. The lowest BCUT2D eigenvalue weighted by molar-refractivity contribution is 0.247. The van der Waals surface area contributed by atoms with Gasteiger partial charge in [0.25, 0.3) is 0 Å². The standard InChI is InChI=1S/C7H11N3O/c1-5-9-6-4-10(8)3-2-7(6)11-5/h2-4,8H2,1H3. The molecule has 0 amide bonds. The number of hydrogen-bond acceptors (Lipinski definition) is 4. The van der Waals surface area contributed by atoms with E-state index in [-0.39, 0.29) is 0 Å². The average Bonchev–Trinajstić information content (AvgIpc) is 2.27. The van der Waals surface area contributed by atoms with Crippen LogP contribution in [-0.2, 0) is 13.0 Å². The first-order valence-electron chi connectivity index (χ1n) is 3.70. The smallest absolute Gasteiger partial charge is 0.191 e. The van der Waals surface area contributed by atoms with Gasteiger partial charge in [0.05, 0.1) is 12.2 Å². The summed E-state index contributed by atoms with van der Waals surface area (Å²) in [5, 5.41) is 1.75. The maximum absolute atomic E-state index is 5.61. The first-order chi connectivity index (χ1) is 5.25. The normalized spacial score (nSPS) is 18.4.